The third kappa shape index (κ3) is 5.11. The van der Waals surface area contributed by atoms with Crippen molar-refractivity contribution in [3.8, 4) is 5.75 Å². The molecule has 1 heterocycles. The normalized spacial score (nSPS) is 17.2. The number of ether oxygens (including phenoxy) is 1. The second kappa shape index (κ2) is 8.56. The number of para-hydroxylation sites is 1. The SMILES string of the molecule is CCNC(=O)N1CCC(N[C@H](c2ccccc2OC)C(C)(C)C)CC1. The molecule has 1 aliphatic heterocycles. The number of piperidine rings is 1. The Morgan fingerprint density at radius 1 is 1.28 bits per heavy atom. The van der Waals surface area contributed by atoms with Gasteiger partial charge >= 0.3 is 6.03 Å². The fourth-order valence-corrected chi connectivity index (χ4v) is 3.46. The third-order valence-electron chi connectivity index (χ3n) is 4.83. The molecular formula is C20H33N3O2. The van der Waals surface area contributed by atoms with Gasteiger partial charge in [-0.3, -0.25) is 0 Å². The number of carbonyl (C=O) groups is 1. The molecule has 1 saturated heterocycles. The molecule has 0 radical (unpaired) electrons. The summed E-state index contributed by atoms with van der Waals surface area (Å²) in [7, 11) is 1.73. The Labute approximate surface area is 152 Å². The summed E-state index contributed by atoms with van der Waals surface area (Å²) in [6.07, 6.45) is 1.94. The highest BCUT2D eigenvalue weighted by atomic mass is 16.5. The van der Waals surface area contributed by atoms with Gasteiger partial charge in [0.15, 0.2) is 0 Å². The zero-order chi connectivity index (χ0) is 18.4. The van der Waals surface area contributed by atoms with E-state index in [1.54, 1.807) is 7.11 Å². The summed E-state index contributed by atoms with van der Waals surface area (Å²) in [5.41, 5.74) is 1.26. The van der Waals surface area contributed by atoms with Gasteiger partial charge in [-0.1, -0.05) is 39.0 Å². The van der Waals surface area contributed by atoms with Crippen LogP contribution in [0.2, 0.25) is 0 Å². The molecule has 1 atom stereocenters. The highest BCUT2D eigenvalue weighted by Gasteiger charge is 2.32. The number of hydrogen-bond donors (Lipinski definition) is 2. The number of rotatable bonds is 5. The number of urea groups is 1. The minimum atomic E-state index is 0.0537. The van der Waals surface area contributed by atoms with E-state index in [1.807, 2.05) is 24.0 Å². The van der Waals surface area contributed by atoms with Gasteiger partial charge in [-0.15, -0.1) is 0 Å². The molecule has 1 fully saturated rings. The quantitative estimate of drug-likeness (QED) is 0.856. The summed E-state index contributed by atoms with van der Waals surface area (Å²) in [6.45, 7) is 11.0. The highest BCUT2D eigenvalue weighted by molar-refractivity contribution is 5.74. The van der Waals surface area contributed by atoms with Crippen LogP contribution in [-0.2, 0) is 0 Å². The van der Waals surface area contributed by atoms with Crippen LogP contribution in [0.4, 0.5) is 4.79 Å². The zero-order valence-electron chi connectivity index (χ0n) is 16.3. The fourth-order valence-electron chi connectivity index (χ4n) is 3.46. The maximum absolute atomic E-state index is 12.0. The minimum Gasteiger partial charge on any atom is -0.496 e. The van der Waals surface area contributed by atoms with Crippen molar-refractivity contribution in [2.75, 3.05) is 26.7 Å². The lowest BCUT2D eigenvalue weighted by Crippen LogP contribution is -2.50. The molecule has 1 aliphatic rings. The van der Waals surface area contributed by atoms with Crippen LogP contribution in [0.3, 0.4) is 0 Å². The monoisotopic (exact) mass is 347 g/mol. The van der Waals surface area contributed by atoms with Crippen molar-refractivity contribution in [2.24, 2.45) is 5.41 Å². The molecule has 0 aromatic heterocycles. The third-order valence-corrected chi connectivity index (χ3v) is 4.83. The van der Waals surface area contributed by atoms with E-state index in [2.05, 4.69) is 43.5 Å². The van der Waals surface area contributed by atoms with Crippen LogP contribution in [0.25, 0.3) is 0 Å². The first-order valence-corrected chi connectivity index (χ1v) is 9.28. The molecule has 0 aliphatic carbocycles. The molecule has 0 saturated carbocycles. The summed E-state index contributed by atoms with van der Waals surface area (Å²) in [6, 6.07) is 8.89. The topological polar surface area (TPSA) is 53.6 Å². The average molecular weight is 348 g/mol. The van der Waals surface area contributed by atoms with Gasteiger partial charge in [-0.2, -0.15) is 0 Å². The molecule has 0 bridgehead atoms. The number of benzene rings is 1. The van der Waals surface area contributed by atoms with E-state index in [9.17, 15) is 4.79 Å². The van der Waals surface area contributed by atoms with E-state index in [-0.39, 0.29) is 17.5 Å². The zero-order valence-corrected chi connectivity index (χ0v) is 16.3. The fraction of sp³-hybridized carbons (Fsp3) is 0.650. The lowest BCUT2D eigenvalue weighted by Gasteiger charge is -2.39. The standard InChI is InChI=1S/C20H33N3O2/c1-6-21-19(24)23-13-11-15(12-14-23)22-18(20(2,3)4)16-9-7-8-10-17(16)25-5/h7-10,15,18,22H,6,11-14H2,1-5H3,(H,21,24)/t18-/m1/s1. The molecule has 1 aromatic rings. The van der Waals surface area contributed by atoms with E-state index in [4.69, 9.17) is 4.74 Å². The maximum Gasteiger partial charge on any atom is 0.317 e. The molecule has 25 heavy (non-hydrogen) atoms. The minimum absolute atomic E-state index is 0.0537. The van der Waals surface area contributed by atoms with Crippen LogP contribution in [0.15, 0.2) is 24.3 Å². The van der Waals surface area contributed by atoms with Gasteiger partial charge in [-0.05, 0) is 31.2 Å². The van der Waals surface area contributed by atoms with Crippen LogP contribution >= 0.6 is 0 Å². The smallest absolute Gasteiger partial charge is 0.317 e. The Kier molecular flexibility index (Phi) is 6.71. The highest BCUT2D eigenvalue weighted by Crippen LogP contribution is 2.38. The Balaban J connectivity index is 2.06. The van der Waals surface area contributed by atoms with Crippen molar-refractivity contribution in [1.82, 2.24) is 15.5 Å². The van der Waals surface area contributed by atoms with Gasteiger partial charge in [-0.25, -0.2) is 4.79 Å². The van der Waals surface area contributed by atoms with Crippen molar-refractivity contribution < 1.29 is 9.53 Å². The van der Waals surface area contributed by atoms with Crippen LogP contribution in [0.5, 0.6) is 5.75 Å². The van der Waals surface area contributed by atoms with Crippen molar-refractivity contribution >= 4 is 6.03 Å². The molecule has 2 N–H and O–H groups in total. The number of hydrogen-bond acceptors (Lipinski definition) is 3. The van der Waals surface area contributed by atoms with Crippen LogP contribution in [0.1, 0.15) is 52.1 Å². The summed E-state index contributed by atoms with van der Waals surface area (Å²) in [5.74, 6) is 0.926. The summed E-state index contributed by atoms with van der Waals surface area (Å²) in [4.78, 5) is 13.9. The number of amides is 2. The van der Waals surface area contributed by atoms with Gasteiger partial charge in [0.1, 0.15) is 5.75 Å². The molecule has 5 nitrogen and oxygen atoms in total. The van der Waals surface area contributed by atoms with Crippen molar-refractivity contribution in [1.29, 1.82) is 0 Å². The average Bonchev–Trinajstić information content (AvgIpc) is 2.59. The number of nitrogens with zero attached hydrogens (tertiary/aromatic N) is 1. The number of methoxy groups -OCH3 is 1. The van der Waals surface area contributed by atoms with Crippen molar-refractivity contribution in [2.45, 2.75) is 52.6 Å². The van der Waals surface area contributed by atoms with E-state index in [0.717, 1.165) is 31.7 Å². The summed E-state index contributed by atoms with van der Waals surface area (Å²) in [5, 5.41) is 6.73. The molecule has 2 amide bonds. The molecule has 0 unspecified atom stereocenters. The van der Waals surface area contributed by atoms with Crippen molar-refractivity contribution in [3.63, 3.8) is 0 Å². The van der Waals surface area contributed by atoms with Crippen LogP contribution in [-0.4, -0.2) is 43.7 Å². The van der Waals surface area contributed by atoms with Gasteiger partial charge in [0, 0.05) is 37.3 Å². The second-order valence-electron chi connectivity index (χ2n) is 7.80. The second-order valence-corrected chi connectivity index (χ2v) is 7.80. The first-order chi connectivity index (χ1) is 11.9. The van der Waals surface area contributed by atoms with Crippen LogP contribution < -0.4 is 15.4 Å². The van der Waals surface area contributed by atoms with Crippen LogP contribution in [0, 0.1) is 5.41 Å². The van der Waals surface area contributed by atoms with E-state index in [1.165, 1.54) is 5.56 Å². The van der Waals surface area contributed by atoms with E-state index >= 15 is 0 Å². The lowest BCUT2D eigenvalue weighted by atomic mass is 9.81. The summed E-state index contributed by atoms with van der Waals surface area (Å²) < 4.78 is 5.58. The summed E-state index contributed by atoms with van der Waals surface area (Å²) >= 11 is 0. The molecule has 2 rings (SSSR count). The largest absolute Gasteiger partial charge is 0.496 e. The predicted molar refractivity (Wildman–Crippen MR) is 102 cm³/mol. The Hall–Kier alpha value is -1.75. The number of carbonyl (C=O) groups excluding carboxylic acids is 1. The molecule has 0 spiro atoms. The molecule has 1 aromatic carbocycles. The maximum atomic E-state index is 12.0. The molecule has 5 heteroatoms. The number of nitrogens with one attached hydrogen (secondary N) is 2. The Morgan fingerprint density at radius 3 is 2.48 bits per heavy atom. The van der Waals surface area contributed by atoms with E-state index in [0.29, 0.717) is 12.6 Å². The van der Waals surface area contributed by atoms with Gasteiger partial charge in [0.2, 0.25) is 0 Å². The Bertz CT molecular complexity index is 560. The van der Waals surface area contributed by atoms with E-state index < -0.39 is 0 Å². The van der Waals surface area contributed by atoms with Crippen molar-refractivity contribution in [3.05, 3.63) is 29.8 Å². The first kappa shape index (κ1) is 19.6. The first-order valence-electron chi connectivity index (χ1n) is 9.28. The van der Waals surface area contributed by atoms with Gasteiger partial charge in [0.25, 0.3) is 0 Å². The van der Waals surface area contributed by atoms with Gasteiger partial charge in [0.05, 0.1) is 7.11 Å². The Morgan fingerprint density at radius 2 is 1.92 bits per heavy atom. The molecular weight excluding hydrogens is 314 g/mol. The molecule has 140 valence electrons. The van der Waals surface area contributed by atoms with Gasteiger partial charge < -0.3 is 20.3 Å². The predicted octanol–water partition coefficient (Wildman–Crippen LogP) is 3.57. The number of likely N-dealkylation sites (tertiary alicyclic amines) is 1. The lowest BCUT2D eigenvalue weighted by molar-refractivity contribution is 0.162.